The van der Waals surface area contributed by atoms with Gasteiger partial charge in [0.05, 0.1) is 11.3 Å². The smallest absolute Gasteiger partial charge is 0.306 e. The summed E-state index contributed by atoms with van der Waals surface area (Å²) in [6.07, 6.45) is 5.30. The van der Waals surface area contributed by atoms with E-state index in [0.717, 1.165) is 51.6 Å². The summed E-state index contributed by atoms with van der Waals surface area (Å²) in [4.78, 5) is 23.2. The van der Waals surface area contributed by atoms with Crippen molar-refractivity contribution in [2.24, 2.45) is 17.3 Å². The summed E-state index contributed by atoms with van der Waals surface area (Å²) in [5, 5.41) is 15.3. The molecule has 0 aromatic carbocycles. The normalized spacial score (nSPS) is 34.5. The zero-order chi connectivity index (χ0) is 14.6. The molecule has 0 spiro atoms. The van der Waals surface area contributed by atoms with Gasteiger partial charge < -0.3 is 15.7 Å². The molecule has 5 heteroatoms. The molecule has 0 bridgehead atoms. The number of amides is 1. The summed E-state index contributed by atoms with van der Waals surface area (Å²) in [5.41, 5.74) is -0.281. The molecule has 1 unspecified atom stereocenters. The second kappa shape index (κ2) is 6.57. The molecular formula is C15H26N2O3. The molecule has 2 rings (SSSR count). The lowest BCUT2D eigenvalue weighted by Crippen LogP contribution is -2.49. The molecule has 1 amide bonds. The van der Waals surface area contributed by atoms with Crippen LogP contribution in [0.3, 0.4) is 0 Å². The van der Waals surface area contributed by atoms with E-state index in [-0.39, 0.29) is 17.2 Å². The van der Waals surface area contributed by atoms with E-state index in [2.05, 4.69) is 10.6 Å². The Labute approximate surface area is 120 Å². The Balaban J connectivity index is 1.73. The zero-order valence-corrected chi connectivity index (χ0v) is 12.3. The molecule has 5 nitrogen and oxygen atoms in total. The van der Waals surface area contributed by atoms with Crippen LogP contribution in [0.2, 0.25) is 0 Å². The zero-order valence-electron chi connectivity index (χ0n) is 12.3. The van der Waals surface area contributed by atoms with E-state index >= 15 is 0 Å². The number of nitrogens with one attached hydrogen (secondary N) is 2. The first-order valence-corrected chi connectivity index (χ1v) is 7.73. The van der Waals surface area contributed by atoms with Crippen LogP contribution in [0, 0.1) is 17.3 Å². The lowest BCUT2D eigenvalue weighted by atomic mass is 9.80. The molecule has 0 aromatic rings. The molecular weight excluding hydrogens is 256 g/mol. The number of hydrogen-bond donors (Lipinski definition) is 3. The van der Waals surface area contributed by atoms with Crippen molar-refractivity contribution in [1.29, 1.82) is 0 Å². The quantitative estimate of drug-likeness (QED) is 0.728. The van der Waals surface area contributed by atoms with Crippen molar-refractivity contribution >= 4 is 11.9 Å². The molecule has 1 heterocycles. The van der Waals surface area contributed by atoms with E-state index in [1.54, 1.807) is 0 Å². The highest BCUT2D eigenvalue weighted by molar-refractivity contribution is 5.82. The van der Waals surface area contributed by atoms with Crippen LogP contribution in [-0.2, 0) is 9.59 Å². The Bertz CT molecular complexity index is 356. The average molecular weight is 282 g/mol. The van der Waals surface area contributed by atoms with E-state index in [0.29, 0.717) is 12.5 Å². The van der Waals surface area contributed by atoms with E-state index in [9.17, 15) is 9.59 Å². The van der Waals surface area contributed by atoms with Crippen molar-refractivity contribution in [3.8, 4) is 0 Å². The third-order valence-corrected chi connectivity index (χ3v) is 4.89. The number of hydrogen-bond acceptors (Lipinski definition) is 3. The number of rotatable bonds is 4. The third-order valence-electron chi connectivity index (χ3n) is 4.89. The summed E-state index contributed by atoms with van der Waals surface area (Å²) in [5.74, 6) is -0.268. The van der Waals surface area contributed by atoms with Gasteiger partial charge in [-0.05, 0) is 57.9 Å². The molecule has 0 radical (unpaired) electrons. The molecule has 2 aliphatic rings. The molecule has 114 valence electrons. The lowest BCUT2D eigenvalue weighted by Gasteiger charge is -2.34. The van der Waals surface area contributed by atoms with Crippen LogP contribution in [0.15, 0.2) is 0 Å². The first-order valence-electron chi connectivity index (χ1n) is 7.73. The van der Waals surface area contributed by atoms with Crippen molar-refractivity contribution in [2.45, 2.75) is 45.4 Å². The molecule has 3 N–H and O–H groups in total. The SMILES string of the molecule is CC1(C(=O)NCC2CCC(C(=O)O)CC2)CCCNC1. The minimum atomic E-state index is -0.673. The standard InChI is InChI=1S/C15H26N2O3/c1-15(7-2-8-16-10-15)14(20)17-9-11-3-5-12(6-4-11)13(18)19/h11-12,16H,2-10H2,1H3,(H,17,20)(H,18,19). The van der Waals surface area contributed by atoms with Crippen molar-refractivity contribution < 1.29 is 14.7 Å². The fraction of sp³-hybridized carbons (Fsp3) is 0.867. The van der Waals surface area contributed by atoms with Crippen LogP contribution in [0.1, 0.15) is 45.4 Å². The number of carboxylic acid groups (broad SMARTS) is 1. The third kappa shape index (κ3) is 3.72. The van der Waals surface area contributed by atoms with E-state index in [1.165, 1.54) is 0 Å². The maximum absolute atomic E-state index is 12.3. The van der Waals surface area contributed by atoms with Gasteiger partial charge in [0.25, 0.3) is 0 Å². The summed E-state index contributed by atoms with van der Waals surface area (Å²) in [6.45, 7) is 4.48. The van der Waals surface area contributed by atoms with Gasteiger partial charge in [0, 0.05) is 13.1 Å². The van der Waals surface area contributed by atoms with Gasteiger partial charge in [0.1, 0.15) is 0 Å². The summed E-state index contributed by atoms with van der Waals surface area (Å²) < 4.78 is 0. The van der Waals surface area contributed by atoms with Crippen LogP contribution in [0.4, 0.5) is 0 Å². The van der Waals surface area contributed by atoms with Gasteiger partial charge in [-0.3, -0.25) is 9.59 Å². The maximum Gasteiger partial charge on any atom is 0.306 e. The van der Waals surface area contributed by atoms with Gasteiger partial charge in [-0.1, -0.05) is 0 Å². The van der Waals surface area contributed by atoms with Crippen molar-refractivity contribution in [1.82, 2.24) is 10.6 Å². The summed E-state index contributed by atoms with van der Waals surface area (Å²) in [7, 11) is 0. The Morgan fingerprint density at radius 2 is 2.00 bits per heavy atom. The highest BCUT2D eigenvalue weighted by atomic mass is 16.4. The van der Waals surface area contributed by atoms with Crippen LogP contribution in [-0.4, -0.2) is 36.6 Å². The van der Waals surface area contributed by atoms with Crippen molar-refractivity contribution in [3.05, 3.63) is 0 Å². The largest absolute Gasteiger partial charge is 0.481 e. The fourth-order valence-corrected chi connectivity index (χ4v) is 3.31. The topological polar surface area (TPSA) is 78.4 Å². The first kappa shape index (κ1) is 15.3. The van der Waals surface area contributed by atoms with Gasteiger partial charge in [0.2, 0.25) is 5.91 Å². The minimum absolute atomic E-state index is 0.144. The number of aliphatic carboxylic acids is 1. The van der Waals surface area contributed by atoms with Gasteiger partial charge in [0.15, 0.2) is 0 Å². The van der Waals surface area contributed by atoms with E-state index in [1.807, 2.05) is 6.92 Å². The summed E-state index contributed by atoms with van der Waals surface area (Å²) >= 11 is 0. The number of carboxylic acids is 1. The Hall–Kier alpha value is -1.10. The second-order valence-electron chi connectivity index (χ2n) is 6.61. The van der Waals surface area contributed by atoms with Crippen LogP contribution in [0.5, 0.6) is 0 Å². The Morgan fingerprint density at radius 1 is 1.30 bits per heavy atom. The molecule has 20 heavy (non-hydrogen) atoms. The Morgan fingerprint density at radius 3 is 2.55 bits per heavy atom. The van der Waals surface area contributed by atoms with Gasteiger partial charge in [-0.15, -0.1) is 0 Å². The Kier molecular flexibility index (Phi) is 5.02. The molecule has 1 saturated heterocycles. The second-order valence-corrected chi connectivity index (χ2v) is 6.61. The minimum Gasteiger partial charge on any atom is -0.481 e. The molecule has 1 saturated carbocycles. The predicted octanol–water partition coefficient (Wildman–Crippen LogP) is 1.38. The predicted molar refractivity (Wildman–Crippen MR) is 76.3 cm³/mol. The van der Waals surface area contributed by atoms with Gasteiger partial charge in [-0.25, -0.2) is 0 Å². The van der Waals surface area contributed by atoms with E-state index in [4.69, 9.17) is 5.11 Å². The summed E-state index contributed by atoms with van der Waals surface area (Å²) in [6, 6.07) is 0. The van der Waals surface area contributed by atoms with Crippen LogP contribution >= 0.6 is 0 Å². The average Bonchev–Trinajstić information content (AvgIpc) is 2.46. The molecule has 2 fully saturated rings. The molecule has 1 atom stereocenters. The monoisotopic (exact) mass is 282 g/mol. The van der Waals surface area contributed by atoms with Crippen LogP contribution in [0.25, 0.3) is 0 Å². The number of piperidine rings is 1. The molecule has 0 aromatic heterocycles. The first-order chi connectivity index (χ1) is 9.51. The fourth-order valence-electron chi connectivity index (χ4n) is 3.31. The highest BCUT2D eigenvalue weighted by Gasteiger charge is 2.35. The van der Waals surface area contributed by atoms with Gasteiger partial charge in [-0.2, -0.15) is 0 Å². The van der Waals surface area contributed by atoms with E-state index < -0.39 is 5.97 Å². The molecule has 1 aliphatic carbocycles. The van der Waals surface area contributed by atoms with Crippen molar-refractivity contribution in [2.75, 3.05) is 19.6 Å². The highest BCUT2D eigenvalue weighted by Crippen LogP contribution is 2.29. The lowest BCUT2D eigenvalue weighted by molar-refractivity contribution is -0.143. The molecule has 1 aliphatic heterocycles. The number of carbonyl (C=O) groups excluding carboxylic acids is 1. The number of carbonyl (C=O) groups is 2. The maximum atomic E-state index is 12.3. The van der Waals surface area contributed by atoms with Crippen molar-refractivity contribution in [3.63, 3.8) is 0 Å². The van der Waals surface area contributed by atoms with Gasteiger partial charge >= 0.3 is 5.97 Å². The van der Waals surface area contributed by atoms with Crippen LogP contribution < -0.4 is 10.6 Å².